The minimum absolute atomic E-state index is 0.0415. The van der Waals surface area contributed by atoms with Gasteiger partial charge >= 0.3 is 18.0 Å². The van der Waals surface area contributed by atoms with Gasteiger partial charge in [-0.15, -0.1) is 0 Å². The first-order chi connectivity index (χ1) is 24.7. The van der Waals surface area contributed by atoms with Gasteiger partial charge in [0.2, 0.25) is 11.8 Å². The van der Waals surface area contributed by atoms with Crippen LogP contribution in [0.25, 0.3) is 0 Å². The summed E-state index contributed by atoms with van der Waals surface area (Å²) in [5.74, 6) is -2.03. The van der Waals surface area contributed by atoms with Gasteiger partial charge in [-0.25, -0.2) is 9.59 Å². The van der Waals surface area contributed by atoms with Crippen LogP contribution in [0.15, 0.2) is 30.3 Å². The van der Waals surface area contributed by atoms with E-state index in [2.05, 4.69) is 31.9 Å². The minimum atomic E-state index is -1.05. The summed E-state index contributed by atoms with van der Waals surface area (Å²) in [4.78, 5) is 68.2. The molecule has 1 aromatic rings. The number of rotatable bonds is 3. The van der Waals surface area contributed by atoms with Gasteiger partial charge < -0.3 is 46.1 Å². The Labute approximate surface area is 308 Å². The number of cyclic esters (lactones) is 2. The number of nitrogens with one attached hydrogen (secondary N) is 6. The van der Waals surface area contributed by atoms with Crippen molar-refractivity contribution >= 4 is 29.8 Å². The number of nitrogens with zero attached hydrogens (tertiary/aromatic N) is 1. The van der Waals surface area contributed by atoms with E-state index in [9.17, 15) is 24.0 Å². The van der Waals surface area contributed by atoms with Gasteiger partial charge in [-0.2, -0.15) is 0 Å². The third kappa shape index (κ3) is 16.7. The third-order valence-electron chi connectivity index (χ3n) is 8.60. The van der Waals surface area contributed by atoms with Crippen molar-refractivity contribution in [2.24, 2.45) is 0 Å². The normalized spacial score (nSPS) is 25.2. The first-order valence-electron chi connectivity index (χ1n) is 18.6. The Morgan fingerprint density at radius 1 is 0.827 bits per heavy atom. The lowest BCUT2D eigenvalue weighted by molar-refractivity contribution is -0.166. The van der Waals surface area contributed by atoms with Crippen molar-refractivity contribution in [1.82, 2.24) is 36.8 Å². The summed E-state index contributed by atoms with van der Waals surface area (Å²) < 4.78 is 17.7. The van der Waals surface area contributed by atoms with Crippen molar-refractivity contribution in [1.29, 1.82) is 0 Å². The molecule has 52 heavy (non-hydrogen) atoms. The van der Waals surface area contributed by atoms with Gasteiger partial charge in [-0.1, -0.05) is 30.3 Å². The van der Waals surface area contributed by atoms with E-state index in [0.717, 1.165) is 31.7 Å². The molecule has 0 aliphatic carbocycles. The molecule has 2 aliphatic heterocycles. The molecule has 2 fully saturated rings. The monoisotopic (exact) mass is 731 g/mol. The summed E-state index contributed by atoms with van der Waals surface area (Å²) in [6.45, 7) is 14.2. The predicted octanol–water partition coefficient (Wildman–Crippen LogP) is 1.53. The fourth-order valence-corrected chi connectivity index (χ4v) is 6.01. The number of esters is 2. The van der Waals surface area contributed by atoms with Gasteiger partial charge in [0.15, 0.2) is 0 Å². The fourth-order valence-electron chi connectivity index (χ4n) is 6.01. The highest BCUT2D eigenvalue weighted by Gasteiger charge is 2.36. The molecule has 1 aromatic carbocycles. The fraction of sp³-hybridized carbons (Fsp3) is 0.703. The maximum Gasteiger partial charge on any atom is 0.407 e. The van der Waals surface area contributed by atoms with E-state index < -0.39 is 59.2 Å². The predicted molar refractivity (Wildman–Crippen MR) is 196 cm³/mol. The van der Waals surface area contributed by atoms with Crippen molar-refractivity contribution < 1.29 is 38.2 Å². The molecule has 2 unspecified atom stereocenters. The number of carbonyl (C=O) groups is 5. The molecule has 0 aromatic heterocycles. The van der Waals surface area contributed by atoms with E-state index in [-0.39, 0.29) is 38.8 Å². The zero-order valence-corrected chi connectivity index (χ0v) is 31.6. The number of hydrogen-bond acceptors (Lipinski definition) is 12. The van der Waals surface area contributed by atoms with Gasteiger partial charge in [0.1, 0.15) is 29.4 Å². The van der Waals surface area contributed by atoms with Crippen LogP contribution in [0, 0.1) is 0 Å². The minimum Gasteiger partial charge on any atom is -0.458 e. The standard InChI is InChI=1S/C37H61N7O8/c1-36(2,3)51-33(47)28-13-9-10-16-41-35(49)50-30(27-11-7-6-8-12-27)25-37(4,5)52-34(48)29(14-15-31(45)42-26-32(46)43-28)44-23-21-39-19-17-38-18-20-40-22-24-44/h6-8,11-12,28-30,38-40H,9-10,13-26H2,1-5H3,(H,41,49)(H,42,45)(H,43,46)/t28-,29?,30?/m0/s1. The van der Waals surface area contributed by atoms with Gasteiger partial charge in [-0.05, 0) is 65.9 Å². The Bertz CT molecular complexity index is 1280. The lowest BCUT2D eigenvalue weighted by Crippen LogP contribution is -2.51. The third-order valence-corrected chi connectivity index (χ3v) is 8.60. The molecule has 15 nitrogen and oxygen atoms in total. The second kappa shape index (κ2) is 21.7. The maximum absolute atomic E-state index is 14.1. The first kappa shape index (κ1) is 42.6. The van der Waals surface area contributed by atoms with Crippen LogP contribution in [-0.4, -0.2) is 123 Å². The van der Waals surface area contributed by atoms with Crippen LogP contribution in [-0.2, 0) is 33.4 Å². The summed E-state index contributed by atoms with van der Waals surface area (Å²) in [5.41, 5.74) is -1.07. The zero-order valence-electron chi connectivity index (χ0n) is 31.6. The number of hydrogen-bond donors (Lipinski definition) is 6. The summed E-state index contributed by atoms with van der Waals surface area (Å²) >= 11 is 0. The molecule has 0 bridgehead atoms. The van der Waals surface area contributed by atoms with E-state index >= 15 is 0 Å². The SMILES string of the molecule is CC(C)(C)OC(=O)[C@@H]1CCCCNC(=O)OC(c2ccccc2)CC(C)(C)OC(=O)C(N2CCNCCNCCNCC2)CCC(=O)NCC(=O)N1. The van der Waals surface area contributed by atoms with Crippen LogP contribution in [0.4, 0.5) is 4.79 Å². The average molecular weight is 732 g/mol. The van der Waals surface area contributed by atoms with Gasteiger partial charge in [0, 0.05) is 71.7 Å². The van der Waals surface area contributed by atoms with Crippen molar-refractivity contribution in [2.45, 2.75) is 103 Å². The Hall–Kier alpha value is -3.79. The second-order valence-corrected chi connectivity index (χ2v) is 14.9. The summed E-state index contributed by atoms with van der Waals surface area (Å²) in [7, 11) is 0. The lowest BCUT2D eigenvalue weighted by atomic mass is 9.95. The topological polar surface area (TPSA) is 188 Å². The molecule has 3 atom stereocenters. The van der Waals surface area contributed by atoms with E-state index in [0.29, 0.717) is 39.0 Å². The number of benzene rings is 1. The number of amides is 3. The molecule has 0 saturated carbocycles. The van der Waals surface area contributed by atoms with Gasteiger partial charge in [0.05, 0.1) is 6.54 Å². The molecule has 2 saturated heterocycles. The van der Waals surface area contributed by atoms with Crippen LogP contribution in [0.2, 0.25) is 0 Å². The molecule has 2 aliphatic rings. The van der Waals surface area contributed by atoms with Gasteiger partial charge in [-0.3, -0.25) is 19.3 Å². The second-order valence-electron chi connectivity index (χ2n) is 14.9. The average Bonchev–Trinajstić information content (AvgIpc) is 3.06. The van der Waals surface area contributed by atoms with E-state index in [1.807, 2.05) is 35.2 Å². The molecule has 15 heteroatoms. The number of carbonyl (C=O) groups excluding carboxylic acids is 5. The summed E-state index contributed by atoms with van der Waals surface area (Å²) in [5, 5.41) is 18.3. The molecular formula is C37H61N7O8. The molecule has 0 spiro atoms. The van der Waals surface area contributed by atoms with Crippen molar-refractivity contribution in [3.05, 3.63) is 35.9 Å². The summed E-state index contributed by atoms with van der Waals surface area (Å²) in [6.07, 6.45) is 0.190. The highest BCUT2D eigenvalue weighted by atomic mass is 16.6. The van der Waals surface area contributed by atoms with Crippen LogP contribution in [0.3, 0.4) is 0 Å². The van der Waals surface area contributed by atoms with Crippen molar-refractivity contribution in [3.8, 4) is 0 Å². The Balaban J connectivity index is 1.87. The smallest absolute Gasteiger partial charge is 0.407 e. The largest absolute Gasteiger partial charge is 0.458 e. The Morgan fingerprint density at radius 2 is 1.46 bits per heavy atom. The maximum atomic E-state index is 14.1. The van der Waals surface area contributed by atoms with Crippen LogP contribution < -0.4 is 31.9 Å². The molecular weight excluding hydrogens is 670 g/mol. The first-order valence-corrected chi connectivity index (χ1v) is 18.6. The van der Waals surface area contributed by atoms with Gasteiger partial charge in [0.25, 0.3) is 0 Å². The quantitative estimate of drug-likeness (QED) is 0.195. The number of ether oxygens (including phenoxy) is 3. The van der Waals surface area contributed by atoms with Crippen LogP contribution in [0.5, 0.6) is 0 Å². The molecule has 2 heterocycles. The van der Waals surface area contributed by atoms with Crippen molar-refractivity contribution in [3.63, 3.8) is 0 Å². The highest BCUT2D eigenvalue weighted by molar-refractivity contribution is 5.88. The van der Waals surface area contributed by atoms with E-state index in [1.54, 1.807) is 34.6 Å². The molecule has 292 valence electrons. The summed E-state index contributed by atoms with van der Waals surface area (Å²) in [6, 6.07) is 7.57. The van der Waals surface area contributed by atoms with Crippen LogP contribution in [0.1, 0.15) is 84.8 Å². The van der Waals surface area contributed by atoms with Crippen LogP contribution >= 0.6 is 0 Å². The van der Waals surface area contributed by atoms with Crippen molar-refractivity contribution in [2.75, 3.05) is 65.4 Å². The number of alkyl carbamates (subject to hydrolysis) is 1. The molecule has 3 amide bonds. The van der Waals surface area contributed by atoms with E-state index in [4.69, 9.17) is 14.2 Å². The van der Waals surface area contributed by atoms with E-state index in [1.165, 1.54) is 0 Å². The molecule has 6 N–H and O–H groups in total. The Kier molecular flexibility index (Phi) is 17.8. The lowest BCUT2D eigenvalue weighted by Gasteiger charge is -2.35. The molecule has 0 radical (unpaired) electrons. The molecule has 3 rings (SSSR count). The highest BCUT2D eigenvalue weighted by Crippen LogP contribution is 2.31. The zero-order chi connectivity index (χ0) is 38.0. The Morgan fingerprint density at radius 3 is 2.10 bits per heavy atom.